The molecule has 2 N–H and O–H groups in total. The number of aliphatic hydroxyl groups is 1. The van der Waals surface area contributed by atoms with Gasteiger partial charge in [0.15, 0.2) is 0 Å². The van der Waals surface area contributed by atoms with Crippen molar-refractivity contribution in [1.82, 2.24) is 9.78 Å². The molecular weight excluding hydrogens is 452 g/mol. The fourth-order valence-corrected chi connectivity index (χ4v) is 5.82. The number of aromatic carboxylic acids is 1. The van der Waals surface area contributed by atoms with Gasteiger partial charge in [0.2, 0.25) is 0 Å². The number of rotatable bonds is 10. The lowest BCUT2D eigenvalue weighted by Gasteiger charge is -2.28. The summed E-state index contributed by atoms with van der Waals surface area (Å²) < 4.78 is 8.16. The van der Waals surface area contributed by atoms with Gasteiger partial charge in [-0.2, -0.15) is 5.10 Å². The maximum absolute atomic E-state index is 11.9. The molecule has 0 radical (unpaired) electrons. The minimum atomic E-state index is -0.947. The van der Waals surface area contributed by atoms with Gasteiger partial charge in [-0.1, -0.05) is 43.5 Å². The van der Waals surface area contributed by atoms with Gasteiger partial charge in [-0.05, 0) is 86.3 Å². The summed E-state index contributed by atoms with van der Waals surface area (Å²) in [5.74, 6) is 1.11. The first-order valence-corrected chi connectivity index (χ1v) is 13.3. The van der Waals surface area contributed by atoms with E-state index in [0.29, 0.717) is 11.8 Å². The van der Waals surface area contributed by atoms with Crippen molar-refractivity contribution in [2.45, 2.75) is 70.3 Å². The van der Waals surface area contributed by atoms with Crippen molar-refractivity contribution in [3.63, 3.8) is 0 Å². The SMILES string of the molecule is C[C@H](Oc1cccc(-c2cccc(-n3ncc(C(=O)O)c3C3CC3CCCO)c2)c1)C1CCCCC1. The predicted octanol–water partition coefficient (Wildman–Crippen LogP) is 6.46. The molecule has 6 heteroatoms. The number of carboxylic acid groups (broad SMARTS) is 1. The van der Waals surface area contributed by atoms with E-state index in [1.54, 1.807) is 4.68 Å². The van der Waals surface area contributed by atoms with E-state index in [2.05, 4.69) is 36.3 Å². The first kappa shape index (κ1) is 24.6. The normalized spacial score (nSPS) is 20.7. The lowest BCUT2D eigenvalue weighted by Crippen LogP contribution is -2.25. The summed E-state index contributed by atoms with van der Waals surface area (Å²) in [5.41, 5.74) is 3.98. The van der Waals surface area contributed by atoms with Crippen molar-refractivity contribution in [3.8, 4) is 22.6 Å². The van der Waals surface area contributed by atoms with E-state index in [4.69, 9.17) is 4.74 Å². The standard InChI is InChI=1S/C30H36N2O4/c1-20(21-8-3-2-4-9-21)36-26-14-6-11-23(17-26)22-10-5-13-25(16-22)32-29(28(19-31-32)30(34)35)27-18-24(27)12-7-15-33/h5-6,10-11,13-14,16-17,19-21,24,27,33H,2-4,7-9,12,15,18H2,1H3,(H,34,35)/t20-,24?,27?/m0/s1. The fraction of sp³-hybridized carbons (Fsp3) is 0.467. The number of benzene rings is 2. The summed E-state index contributed by atoms with van der Waals surface area (Å²) in [4.78, 5) is 11.9. The molecule has 0 bridgehead atoms. The highest BCUT2D eigenvalue weighted by Gasteiger charge is 2.42. The molecule has 36 heavy (non-hydrogen) atoms. The van der Waals surface area contributed by atoms with Crippen LogP contribution in [0, 0.1) is 11.8 Å². The first-order chi connectivity index (χ1) is 17.5. The van der Waals surface area contributed by atoms with Crippen molar-refractivity contribution in [3.05, 3.63) is 66.0 Å². The number of aromatic nitrogens is 2. The topological polar surface area (TPSA) is 84.6 Å². The van der Waals surface area contributed by atoms with Crippen LogP contribution >= 0.6 is 0 Å². The highest BCUT2D eigenvalue weighted by Crippen LogP contribution is 2.51. The van der Waals surface area contributed by atoms with Gasteiger partial charge < -0.3 is 14.9 Å². The minimum absolute atomic E-state index is 0.159. The van der Waals surface area contributed by atoms with Crippen LogP contribution in [0.15, 0.2) is 54.7 Å². The van der Waals surface area contributed by atoms with Crippen molar-refractivity contribution >= 4 is 5.97 Å². The Morgan fingerprint density at radius 1 is 1.11 bits per heavy atom. The summed E-state index contributed by atoms with van der Waals surface area (Å²) in [5, 5.41) is 23.5. The number of hydrogen-bond donors (Lipinski definition) is 2. The van der Waals surface area contributed by atoms with E-state index in [0.717, 1.165) is 47.5 Å². The van der Waals surface area contributed by atoms with Gasteiger partial charge in [-0.3, -0.25) is 0 Å². The number of aliphatic hydroxyl groups excluding tert-OH is 1. The van der Waals surface area contributed by atoms with Gasteiger partial charge in [-0.15, -0.1) is 0 Å². The van der Waals surface area contributed by atoms with Gasteiger partial charge in [-0.25, -0.2) is 9.48 Å². The summed E-state index contributed by atoms with van der Waals surface area (Å²) in [6.07, 6.45) is 10.7. The van der Waals surface area contributed by atoms with Crippen molar-refractivity contribution in [2.75, 3.05) is 6.61 Å². The van der Waals surface area contributed by atoms with E-state index in [-0.39, 0.29) is 24.2 Å². The predicted molar refractivity (Wildman–Crippen MR) is 140 cm³/mol. The van der Waals surface area contributed by atoms with Gasteiger partial charge in [0.1, 0.15) is 11.3 Å². The average Bonchev–Trinajstić information content (AvgIpc) is 3.53. The Kier molecular flexibility index (Phi) is 7.42. The molecule has 0 spiro atoms. The van der Waals surface area contributed by atoms with Gasteiger partial charge in [0.25, 0.3) is 0 Å². The third-order valence-electron chi connectivity index (χ3n) is 7.94. The zero-order valence-corrected chi connectivity index (χ0v) is 21.0. The van der Waals surface area contributed by atoms with Crippen LogP contribution < -0.4 is 4.74 Å². The van der Waals surface area contributed by atoms with Crippen LogP contribution in [0.2, 0.25) is 0 Å². The largest absolute Gasteiger partial charge is 0.490 e. The Labute approximate surface area is 212 Å². The Hall–Kier alpha value is -3.12. The monoisotopic (exact) mass is 488 g/mol. The fourth-order valence-electron chi connectivity index (χ4n) is 5.82. The van der Waals surface area contributed by atoms with E-state index in [1.807, 2.05) is 24.3 Å². The third-order valence-corrected chi connectivity index (χ3v) is 7.94. The number of carboxylic acids is 1. The van der Waals surface area contributed by atoms with E-state index in [1.165, 1.54) is 38.3 Å². The zero-order valence-electron chi connectivity index (χ0n) is 21.0. The van der Waals surface area contributed by atoms with Gasteiger partial charge in [0, 0.05) is 12.5 Å². The van der Waals surface area contributed by atoms with E-state index in [9.17, 15) is 15.0 Å². The second-order valence-electron chi connectivity index (χ2n) is 10.4. The summed E-state index contributed by atoms with van der Waals surface area (Å²) in [6, 6.07) is 16.3. The summed E-state index contributed by atoms with van der Waals surface area (Å²) in [7, 11) is 0. The molecule has 2 aliphatic carbocycles. The second kappa shape index (κ2) is 10.9. The molecule has 0 aliphatic heterocycles. The number of hydrogen-bond acceptors (Lipinski definition) is 4. The van der Waals surface area contributed by atoms with Crippen LogP contribution in [0.25, 0.3) is 16.8 Å². The second-order valence-corrected chi connectivity index (χ2v) is 10.4. The average molecular weight is 489 g/mol. The number of carbonyl (C=O) groups is 1. The molecule has 2 fully saturated rings. The molecule has 3 atom stereocenters. The van der Waals surface area contributed by atoms with Crippen molar-refractivity contribution in [1.29, 1.82) is 0 Å². The minimum Gasteiger partial charge on any atom is -0.490 e. The molecule has 1 aromatic heterocycles. The van der Waals surface area contributed by atoms with Crippen LogP contribution in [0.1, 0.15) is 80.3 Å². The lowest BCUT2D eigenvalue weighted by molar-refractivity contribution is 0.0695. The molecule has 2 aromatic carbocycles. The maximum Gasteiger partial charge on any atom is 0.339 e. The molecule has 2 saturated carbocycles. The molecule has 190 valence electrons. The number of ether oxygens (including phenoxy) is 1. The van der Waals surface area contributed by atoms with Crippen molar-refractivity contribution in [2.24, 2.45) is 11.8 Å². The van der Waals surface area contributed by atoms with Crippen LogP contribution in [0.3, 0.4) is 0 Å². The molecule has 5 rings (SSSR count). The molecule has 0 amide bonds. The zero-order chi connectivity index (χ0) is 25.1. The Bertz CT molecular complexity index is 1200. The Morgan fingerprint density at radius 3 is 2.61 bits per heavy atom. The van der Waals surface area contributed by atoms with Crippen LogP contribution in [-0.4, -0.2) is 38.7 Å². The van der Waals surface area contributed by atoms with E-state index < -0.39 is 5.97 Å². The highest BCUT2D eigenvalue weighted by molar-refractivity contribution is 5.89. The lowest BCUT2D eigenvalue weighted by atomic mass is 9.86. The Morgan fingerprint density at radius 2 is 1.86 bits per heavy atom. The molecule has 3 aromatic rings. The highest BCUT2D eigenvalue weighted by atomic mass is 16.5. The third kappa shape index (κ3) is 5.34. The number of nitrogens with zero attached hydrogens (tertiary/aromatic N) is 2. The summed E-state index contributed by atoms with van der Waals surface area (Å²) >= 11 is 0. The molecule has 2 aliphatic rings. The quantitative estimate of drug-likeness (QED) is 0.342. The van der Waals surface area contributed by atoms with Crippen LogP contribution in [0.4, 0.5) is 0 Å². The Balaban J connectivity index is 1.39. The van der Waals surface area contributed by atoms with Crippen LogP contribution in [0.5, 0.6) is 5.75 Å². The molecule has 1 heterocycles. The summed E-state index contributed by atoms with van der Waals surface area (Å²) in [6.45, 7) is 2.35. The van der Waals surface area contributed by atoms with Gasteiger partial charge >= 0.3 is 5.97 Å². The maximum atomic E-state index is 11.9. The molecular formula is C30H36N2O4. The molecule has 6 nitrogen and oxygen atoms in total. The van der Waals surface area contributed by atoms with Crippen LogP contribution in [-0.2, 0) is 0 Å². The first-order valence-electron chi connectivity index (χ1n) is 13.3. The van der Waals surface area contributed by atoms with Gasteiger partial charge in [0.05, 0.1) is 23.7 Å². The molecule has 0 saturated heterocycles. The van der Waals surface area contributed by atoms with E-state index >= 15 is 0 Å². The smallest absolute Gasteiger partial charge is 0.339 e. The van der Waals surface area contributed by atoms with Crippen molar-refractivity contribution < 1.29 is 19.7 Å². The molecule has 2 unspecified atom stereocenters.